The fourth-order valence-electron chi connectivity index (χ4n) is 1.36. The Kier molecular flexibility index (Phi) is 3.88. The molecule has 0 heterocycles. The summed E-state index contributed by atoms with van der Waals surface area (Å²) in [4.78, 5) is 22.5. The molecule has 2 N–H and O–H groups in total. The van der Waals surface area contributed by atoms with E-state index in [1.54, 1.807) is 7.05 Å². The van der Waals surface area contributed by atoms with Crippen molar-refractivity contribution in [3.05, 3.63) is 0 Å². The number of carbonyl (C=O) groups is 2. The van der Waals surface area contributed by atoms with Crippen molar-refractivity contribution in [2.75, 3.05) is 20.7 Å². The summed E-state index contributed by atoms with van der Waals surface area (Å²) in [6.07, 6.45) is 1.47. The van der Waals surface area contributed by atoms with Gasteiger partial charge in [0.15, 0.2) is 5.78 Å². The van der Waals surface area contributed by atoms with Gasteiger partial charge in [-0.1, -0.05) is 0 Å². The monoisotopic (exact) mass is 200 g/mol. The molecule has 1 amide bonds. The number of ketones is 1. The largest absolute Gasteiger partial charge is 0.453 e. The molecule has 5 nitrogen and oxygen atoms in total. The third-order valence-corrected chi connectivity index (χ3v) is 2.25. The molecule has 1 saturated carbocycles. The summed E-state index contributed by atoms with van der Waals surface area (Å²) in [5.41, 5.74) is 0. The molecule has 0 bridgehead atoms. The lowest BCUT2D eigenvalue weighted by molar-refractivity contribution is -0.120. The number of hydrogen-bond donors (Lipinski definition) is 2. The van der Waals surface area contributed by atoms with Crippen LogP contribution < -0.4 is 10.6 Å². The van der Waals surface area contributed by atoms with Gasteiger partial charge in [-0.15, -0.1) is 0 Å². The van der Waals surface area contributed by atoms with Gasteiger partial charge in [-0.3, -0.25) is 4.79 Å². The van der Waals surface area contributed by atoms with Crippen molar-refractivity contribution in [2.45, 2.75) is 18.9 Å². The zero-order valence-electron chi connectivity index (χ0n) is 8.50. The standard InChI is InChI=1S/C9H16N2O3/c1-10-5-7(12)8(6-3-4-6)11-9(13)14-2/h6,8,10H,3-5H2,1-2H3,(H,11,13). The van der Waals surface area contributed by atoms with Crippen LogP contribution in [-0.4, -0.2) is 38.6 Å². The highest BCUT2D eigenvalue weighted by Crippen LogP contribution is 2.32. The molecule has 0 aromatic rings. The van der Waals surface area contributed by atoms with E-state index in [2.05, 4.69) is 15.4 Å². The maximum atomic E-state index is 11.5. The molecule has 0 aromatic carbocycles. The molecule has 1 rings (SSSR count). The number of nitrogens with one attached hydrogen (secondary N) is 2. The van der Waals surface area contributed by atoms with Crippen LogP contribution >= 0.6 is 0 Å². The van der Waals surface area contributed by atoms with Crippen molar-refractivity contribution in [2.24, 2.45) is 5.92 Å². The number of alkyl carbamates (subject to hydrolysis) is 1. The van der Waals surface area contributed by atoms with Crippen molar-refractivity contribution in [1.29, 1.82) is 0 Å². The molecule has 1 atom stereocenters. The minimum atomic E-state index is -0.536. The second kappa shape index (κ2) is 4.95. The highest BCUT2D eigenvalue weighted by atomic mass is 16.5. The highest BCUT2D eigenvalue weighted by molar-refractivity contribution is 5.89. The summed E-state index contributed by atoms with van der Waals surface area (Å²) in [7, 11) is 3.00. The Hall–Kier alpha value is -1.10. The maximum absolute atomic E-state index is 11.5. The van der Waals surface area contributed by atoms with Gasteiger partial charge in [0, 0.05) is 0 Å². The number of ether oxygens (including phenoxy) is 1. The fourth-order valence-corrected chi connectivity index (χ4v) is 1.36. The number of carbonyl (C=O) groups excluding carboxylic acids is 2. The Morgan fingerprint density at radius 3 is 2.57 bits per heavy atom. The molecule has 0 saturated heterocycles. The first-order valence-electron chi connectivity index (χ1n) is 4.70. The Morgan fingerprint density at radius 1 is 1.50 bits per heavy atom. The summed E-state index contributed by atoms with van der Waals surface area (Å²) >= 11 is 0. The van der Waals surface area contributed by atoms with Gasteiger partial charge >= 0.3 is 6.09 Å². The quantitative estimate of drug-likeness (QED) is 0.651. The van der Waals surface area contributed by atoms with E-state index in [1.807, 2.05) is 0 Å². The van der Waals surface area contributed by atoms with Crippen LogP contribution in [-0.2, 0) is 9.53 Å². The van der Waals surface area contributed by atoms with Crippen molar-refractivity contribution in [1.82, 2.24) is 10.6 Å². The van der Waals surface area contributed by atoms with E-state index < -0.39 is 6.09 Å². The van der Waals surface area contributed by atoms with E-state index in [0.717, 1.165) is 12.8 Å². The van der Waals surface area contributed by atoms with Gasteiger partial charge in [0.1, 0.15) is 0 Å². The van der Waals surface area contributed by atoms with Crippen LogP contribution in [0.25, 0.3) is 0 Å². The van der Waals surface area contributed by atoms with Gasteiger partial charge in [-0.05, 0) is 25.8 Å². The van der Waals surface area contributed by atoms with Gasteiger partial charge in [-0.2, -0.15) is 0 Å². The molecule has 1 fully saturated rings. The molecule has 0 aliphatic heterocycles. The lowest BCUT2D eigenvalue weighted by atomic mass is 10.1. The van der Waals surface area contributed by atoms with Gasteiger partial charge < -0.3 is 15.4 Å². The molecule has 5 heteroatoms. The normalized spacial score (nSPS) is 17.3. The minimum Gasteiger partial charge on any atom is -0.453 e. The summed E-state index contributed by atoms with van der Waals surface area (Å²) in [5.74, 6) is 0.315. The number of hydrogen-bond acceptors (Lipinski definition) is 4. The third kappa shape index (κ3) is 2.99. The summed E-state index contributed by atoms with van der Waals surface area (Å²) < 4.78 is 4.46. The predicted molar refractivity (Wildman–Crippen MR) is 51.0 cm³/mol. The van der Waals surface area contributed by atoms with Gasteiger partial charge in [-0.25, -0.2) is 4.79 Å². The third-order valence-electron chi connectivity index (χ3n) is 2.25. The van der Waals surface area contributed by atoms with Crippen LogP contribution in [0.3, 0.4) is 0 Å². The Balaban J connectivity index is 2.46. The van der Waals surface area contributed by atoms with E-state index >= 15 is 0 Å². The summed E-state index contributed by atoms with van der Waals surface area (Å²) in [6.45, 7) is 0.283. The molecule has 0 spiro atoms. The summed E-state index contributed by atoms with van der Waals surface area (Å²) in [6, 6.07) is -0.380. The van der Waals surface area contributed by atoms with Gasteiger partial charge in [0.2, 0.25) is 0 Å². The second-order valence-electron chi connectivity index (χ2n) is 3.45. The average molecular weight is 200 g/mol. The van der Waals surface area contributed by atoms with E-state index in [0.29, 0.717) is 5.92 Å². The van der Waals surface area contributed by atoms with Crippen LogP contribution in [0.1, 0.15) is 12.8 Å². The minimum absolute atomic E-state index is 0.0143. The Labute approximate surface area is 83.2 Å². The zero-order valence-corrected chi connectivity index (χ0v) is 8.50. The van der Waals surface area contributed by atoms with Crippen LogP contribution in [0.4, 0.5) is 4.79 Å². The topological polar surface area (TPSA) is 67.4 Å². The van der Waals surface area contributed by atoms with Crippen LogP contribution in [0.15, 0.2) is 0 Å². The van der Waals surface area contributed by atoms with Gasteiger partial charge in [0.05, 0.1) is 19.7 Å². The van der Waals surface area contributed by atoms with E-state index in [1.165, 1.54) is 7.11 Å². The average Bonchev–Trinajstić information content (AvgIpc) is 2.97. The molecule has 0 radical (unpaired) electrons. The molecule has 0 aromatic heterocycles. The van der Waals surface area contributed by atoms with Crippen molar-refractivity contribution >= 4 is 11.9 Å². The first-order valence-corrected chi connectivity index (χ1v) is 4.70. The van der Waals surface area contributed by atoms with Crippen LogP contribution in [0, 0.1) is 5.92 Å². The molecule has 1 unspecified atom stereocenters. The van der Waals surface area contributed by atoms with Crippen molar-refractivity contribution in [3.8, 4) is 0 Å². The Bertz CT molecular complexity index is 226. The number of likely N-dealkylation sites (N-methyl/N-ethyl adjacent to an activating group) is 1. The fraction of sp³-hybridized carbons (Fsp3) is 0.778. The lowest BCUT2D eigenvalue weighted by Crippen LogP contribution is -2.45. The maximum Gasteiger partial charge on any atom is 0.407 e. The highest BCUT2D eigenvalue weighted by Gasteiger charge is 2.36. The van der Waals surface area contributed by atoms with E-state index in [9.17, 15) is 9.59 Å². The van der Waals surface area contributed by atoms with E-state index in [-0.39, 0.29) is 18.4 Å². The second-order valence-corrected chi connectivity index (χ2v) is 3.45. The molecular weight excluding hydrogens is 184 g/mol. The number of amides is 1. The number of rotatable bonds is 5. The molecular formula is C9H16N2O3. The smallest absolute Gasteiger partial charge is 0.407 e. The van der Waals surface area contributed by atoms with E-state index in [4.69, 9.17) is 0 Å². The first-order chi connectivity index (χ1) is 6.69. The predicted octanol–water partition coefficient (Wildman–Crippen LogP) is -0.0905. The lowest BCUT2D eigenvalue weighted by Gasteiger charge is -2.15. The molecule has 14 heavy (non-hydrogen) atoms. The van der Waals surface area contributed by atoms with Crippen molar-refractivity contribution < 1.29 is 14.3 Å². The van der Waals surface area contributed by atoms with Crippen LogP contribution in [0.5, 0.6) is 0 Å². The van der Waals surface area contributed by atoms with Gasteiger partial charge in [0.25, 0.3) is 0 Å². The zero-order chi connectivity index (χ0) is 10.6. The van der Waals surface area contributed by atoms with Crippen molar-refractivity contribution in [3.63, 3.8) is 0 Å². The molecule has 1 aliphatic carbocycles. The molecule has 1 aliphatic rings. The first kappa shape index (κ1) is 11.0. The summed E-state index contributed by atoms with van der Waals surface area (Å²) in [5, 5.41) is 5.34. The number of methoxy groups -OCH3 is 1. The van der Waals surface area contributed by atoms with Crippen LogP contribution in [0.2, 0.25) is 0 Å². The molecule has 80 valence electrons. The number of Topliss-reactive ketones (excluding diaryl/α,β-unsaturated/α-hetero) is 1. The SMILES string of the molecule is CNCC(=O)C(NC(=O)OC)C1CC1. The Morgan fingerprint density at radius 2 is 2.14 bits per heavy atom.